The highest BCUT2D eigenvalue weighted by atomic mass is 79.9. The highest BCUT2D eigenvalue weighted by molar-refractivity contribution is 9.10. The van der Waals surface area contributed by atoms with Crippen LogP contribution in [0.4, 0.5) is 0 Å². The molecule has 2 rings (SSSR count). The van der Waals surface area contributed by atoms with Crippen LogP contribution in [0.15, 0.2) is 40.9 Å². The van der Waals surface area contributed by atoms with Gasteiger partial charge in [0.25, 0.3) is 0 Å². The fraction of sp³-hybridized carbons (Fsp3) is 0.200. The van der Waals surface area contributed by atoms with Crippen LogP contribution in [0, 0.1) is 0 Å². The van der Waals surface area contributed by atoms with Crippen molar-refractivity contribution in [1.29, 1.82) is 0 Å². The van der Waals surface area contributed by atoms with Gasteiger partial charge in [-0.2, -0.15) is 0 Å². The van der Waals surface area contributed by atoms with Crippen molar-refractivity contribution in [3.63, 3.8) is 0 Å². The second kappa shape index (κ2) is 6.83. The molecule has 5 heteroatoms. The van der Waals surface area contributed by atoms with Gasteiger partial charge in [-0.3, -0.25) is 0 Å². The monoisotopic (exact) mass is 418 g/mol. The summed E-state index contributed by atoms with van der Waals surface area (Å²) in [7, 11) is 3.27. The number of benzene rings is 2. The van der Waals surface area contributed by atoms with Crippen molar-refractivity contribution in [2.45, 2.75) is 4.83 Å². The van der Waals surface area contributed by atoms with E-state index in [1.54, 1.807) is 20.3 Å². The van der Waals surface area contributed by atoms with Gasteiger partial charge < -0.3 is 9.47 Å². The summed E-state index contributed by atoms with van der Waals surface area (Å²) in [6.07, 6.45) is 0. The van der Waals surface area contributed by atoms with Gasteiger partial charge in [0.05, 0.1) is 19.0 Å². The summed E-state index contributed by atoms with van der Waals surface area (Å²) in [4.78, 5) is -0.0519. The van der Waals surface area contributed by atoms with Gasteiger partial charge in [0.15, 0.2) is 0 Å². The molecule has 0 aliphatic rings. The Balaban J connectivity index is 2.43. The molecule has 0 heterocycles. The van der Waals surface area contributed by atoms with E-state index in [1.165, 1.54) is 0 Å². The molecule has 2 nitrogen and oxygen atoms in total. The topological polar surface area (TPSA) is 18.5 Å². The van der Waals surface area contributed by atoms with Crippen molar-refractivity contribution in [3.8, 4) is 11.5 Å². The maximum Gasteiger partial charge on any atom is 0.124 e. The van der Waals surface area contributed by atoms with Crippen molar-refractivity contribution in [1.82, 2.24) is 0 Å². The summed E-state index contributed by atoms with van der Waals surface area (Å²) >= 11 is 13.4. The largest absolute Gasteiger partial charge is 0.497 e. The van der Waals surface area contributed by atoms with E-state index in [2.05, 4.69) is 31.9 Å². The molecule has 0 aliphatic carbocycles. The fourth-order valence-corrected chi connectivity index (χ4v) is 3.43. The van der Waals surface area contributed by atoms with Gasteiger partial charge in [-0.1, -0.05) is 55.6 Å². The molecule has 0 saturated heterocycles. The molecule has 0 saturated carbocycles. The molecule has 106 valence electrons. The molecule has 0 spiro atoms. The molecule has 2 aromatic carbocycles. The lowest BCUT2D eigenvalue weighted by molar-refractivity contribution is 0.410. The minimum absolute atomic E-state index is 0.0519. The van der Waals surface area contributed by atoms with Gasteiger partial charge in [-0.15, -0.1) is 0 Å². The number of hydrogen-bond donors (Lipinski definition) is 0. The first-order valence-electron chi connectivity index (χ1n) is 5.87. The van der Waals surface area contributed by atoms with E-state index in [9.17, 15) is 0 Å². The second-order valence-corrected chi connectivity index (χ2v) is 6.37. The molecule has 0 amide bonds. The first kappa shape index (κ1) is 15.7. The van der Waals surface area contributed by atoms with Crippen LogP contribution in [-0.4, -0.2) is 14.2 Å². The molecule has 0 radical (unpaired) electrons. The number of hydrogen-bond acceptors (Lipinski definition) is 2. The lowest BCUT2D eigenvalue weighted by Crippen LogP contribution is -1.98. The lowest BCUT2D eigenvalue weighted by Gasteiger charge is -2.16. The van der Waals surface area contributed by atoms with Crippen LogP contribution in [0.1, 0.15) is 16.0 Å². The Morgan fingerprint density at radius 1 is 1.00 bits per heavy atom. The Morgan fingerprint density at radius 3 is 2.30 bits per heavy atom. The predicted molar refractivity (Wildman–Crippen MR) is 89.5 cm³/mol. The summed E-state index contributed by atoms with van der Waals surface area (Å²) in [5, 5.41) is 0.649. The second-order valence-electron chi connectivity index (χ2n) is 4.14. The van der Waals surface area contributed by atoms with Crippen LogP contribution in [0.3, 0.4) is 0 Å². The lowest BCUT2D eigenvalue weighted by atomic mass is 10.0. The zero-order valence-electron chi connectivity index (χ0n) is 11.0. The Morgan fingerprint density at radius 2 is 1.70 bits per heavy atom. The van der Waals surface area contributed by atoms with E-state index < -0.39 is 0 Å². The van der Waals surface area contributed by atoms with Gasteiger partial charge in [0, 0.05) is 15.1 Å². The third kappa shape index (κ3) is 3.30. The Labute approximate surface area is 140 Å². The summed E-state index contributed by atoms with van der Waals surface area (Å²) in [6.45, 7) is 0. The standard InChI is InChI=1S/C15H13Br2ClO2/c1-19-10-4-6-11(13(18)8-10)15(17)12-5-3-9(16)7-14(12)20-2/h3-8,15H,1-2H3. The van der Waals surface area contributed by atoms with Crippen LogP contribution in [-0.2, 0) is 0 Å². The van der Waals surface area contributed by atoms with Gasteiger partial charge in [0.2, 0.25) is 0 Å². The zero-order valence-corrected chi connectivity index (χ0v) is 14.9. The molecule has 0 N–H and O–H groups in total. The van der Waals surface area contributed by atoms with Crippen molar-refractivity contribution in [3.05, 3.63) is 57.0 Å². The molecule has 0 aliphatic heterocycles. The number of methoxy groups -OCH3 is 2. The highest BCUT2D eigenvalue weighted by Crippen LogP contribution is 2.41. The van der Waals surface area contributed by atoms with Gasteiger partial charge in [0.1, 0.15) is 11.5 Å². The number of rotatable bonds is 4. The molecule has 1 unspecified atom stereocenters. The zero-order chi connectivity index (χ0) is 14.7. The fourth-order valence-electron chi connectivity index (χ4n) is 1.90. The number of ether oxygens (including phenoxy) is 2. The van der Waals surface area contributed by atoms with Crippen LogP contribution in [0.2, 0.25) is 5.02 Å². The Hall–Kier alpha value is -0.710. The average Bonchev–Trinajstić information content (AvgIpc) is 2.46. The van der Waals surface area contributed by atoms with Crippen LogP contribution >= 0.6 is 43.5 Å². The SMILES string of the molecule is COc1ccc(C(Br)c2ccc(Br)cc2OC)c(Cl)c1. The Kier molecular flexibility index (Phi) is 5.35. The first-order chi connectivity index (χ1) is 9.56. The van der Waals surface area contributed by atoms with Crippen molar-refractivity contribution in [2.24, 2.45) is 0 Å². The number of alkyl halides is 1. The summed E-state index contributed by atoms with van der Waals surface area (Å²) < 4.78 is 11.6. The predicted octanol–water partition coefficient (Wildman–Crippen LogP) is 5.60. The smallest absolute Gasteiger partial charge is 0.124 e. The molecular weight excluding hydrogens is 407 g/mol. The van der Waals surface area contributed by atoms with E-state index in [-0.39, 0.29) is 4.83 Å². The van der Waals surface area contributed by atoms with E-state index in [4.69, 9.17) is 21.1 Å². The third-order valence-corrected chi connectivity index (χ3v) is 4.76. The number of halogens is 3. The summed E-state index contributed by atoms with van der Waals surface area (Å²) in [6, 6.07) is 11.5. The van der Waals surface area contributed by atoms with Crippen molar-refractivity contribution in [2.75, 3.05) is 14.2 Å². The maximum atomic E-state index is 6.32. The van der Waals surface area contributed by atoms with E-state index >= 15 is 0 Å². The summed E-state index contributed by atoms with van der Waals surface area (Å²) in [5.74, 6) is 1.54. The third-order valence-electron chi connectivity index (χ3n) is 2.95. The van der Waals surface area contributed by atoms with Crippen molar-refractivity contribution >= 4 is 43.5 Å². The molecule has 1 atom stereocenters. The Bertz CT molecular complexity index is 617. The average molecular weight is 421 g/mol. The highest BCUT2D eigenvalue weighted by Gasteiger charge is 2.18. The molecule has 2 aromatic rings. The van der Waals surface area contributed by atoms with Gasteiger partial charge >= 0.3 is 0 Å². The molecule has 0 bridgehead atoms. The van der Waals surface area contributed by atoms with Crippen LogP contribution < -0.4 is 9.47 Å². The van der Waals surface area contributed by atoms with Gasteiger partial charge in [-0.05, 0) is 29.8 Å². The first-order valence-corrected chi connectivity index (χ1v) is 7.96. The normalized spacial score (nSPS) is 12.1. The van der Waals surface area contributed by atoms with E-state index in [0.29, 0.717) is 5.02 Å². The maximum absolute atomic E-state index is 6.32. The van der Waals surface area contributed by atoms with Crippen LogP contribution in [0.25, 0.3) is 0 Å². The van der Waals surface area contributed by atoms with Gasteiger partial charge in [-0.25, -0.2) is 0 Å². The molecule has 0 fully saturated rings. The van der Waals surface area contributed by atoms with E-state index in [1.807, 2.05) is 30.3 Å². The minimum atomic E-state index is -0.0519. The van der Waals surface area contributed by atoms with E-state index in [0.717, 1.165) is 27.1 Å². The molecular formula is C15H13Br2ClO2. The minimum Gasteiger partial charge on any atom is -0.497 e. The van der Waals surface area contributed by atoms with Crippen molar-refractivity contribution < 1.29 is 9.47 Å². The summed E-state index contributed by atoms with van der Waals surface area (Å²) in [5.41, 5.74) is 1.98. The molecule has 0 aromatic heterocycles. The quantitative estimate of drug-likeness (QED) is 0.599. The molecule has 20 heavy (non-hydrogen) atoms. The van der Waals surface area contributed by atoms with Crippen LogP contribution in [0.5, 0.6) is 11.5 Å².